The van der Waals surface area contributed by atoms with Crippen LogP contribution in [0.4, 0.5) is 0 Å². The van der Waals surface area contributed by atoms with E-state index in [4.69, 9.17) is 4.42 Å². The van der Waals surface area contributed by atoms with Gasteiger partial charge in [0.2, 0.25) is 5.91 Å². The van der Waals surface area contributed by atoms with Crippen molar-refractivity contribution in [1.29, 1.82) is 0 Å². The van der Waals surface area contributed by atoms with Gasteiger partial charge in [-0.3, -0.25) is 4.79 Å². The quantitative estimate of drug-likeness (QED) is 0.659. The van der Waals surface area contributed by atoms with E-state index < -0.39 is 0 Å². The van der Waals surface area contributed by atoms with Crippen molar-refractivity contribution in [2.24, 2.45) is 0 Å². The number of carbonyl (C=O) groups excluding carboxylic acids is 1. The number of hydrogen-bond donors (Lipinski definition) is 1. The summed E-state index contributed by atoms with van der Waals surface area (Å²) < 4.78 is 7.24. The molecule has 0 atom stereocenters. The molecule has 0 aliphatic heterocycles. The average Bonchev–Trinajstić information content (AvgIpc) is 3.15. The molecule has 8 heteroatoms. The normalized spacial score (nSPS) is 11.0. The fourth-order valence-corrected chi connectivity index (χ4v) is 2.25. The number of fused-ring (bicyclic) bond motifs is 1. The molecular weight excluding hydrogens is 296 g/mol. The number of aryl methyl sites for hydroxylation is 3. The zero-order valence-electron chi connectivity index (χ0n) is 12.9. The highest BCUT2D eigenvalue weighted by molar-refractivity contribution is 5.75. The van der Waals surface area contributed by atoms with Crippen LogP contribution in [0.25, 0.3) is 11.1 Å². The van der Waals surface area contributed by atoms with Crippen molar-refractivity contribution in [2.45, 2.75) is 32.7 Å². The van der Waals surface area contributed by atoms with Gasteiger partial charge in [0.05, 0.1) is 6.54 Å². The first-order valence-electron chi connectivity index (χ1n) is 7.56. The SMILES string of the molecule is Cc1nnnn1CCC(=O)NCCCc1nc2ccccc2o1. The second kappa shape index (κ2) is 6.99. The monoisotopic (exact) mass is 314 g/mol. The minimum atomic E-state index is -0.0162. The van der Waals surface area contributed by atoms with Crippen LogP contribution in [-0.2, 0) is 17.8 Å². The largest absolute Gasteiger partial charge is 0.441 e. The first-order valence-corrected chi connectivity index (χ1v) is 7.56. The molecule has 0 unspecified atom stereocenters. The Labute approximate surface area is 132 Å². The molecular formula is C15H18N6O2. The molecule has 0 bridgehead atoms. The lowest BCUT2D eigenvalue weighted by Gasteiger charge is -2.04. The van der Waals surface area contributed by atoms with Gasteiger partial charge in [0.25, 0.3) is 0 Å². The zero-order chi connectivity index (χ0) is 16.1. The summed E-state index contributed by atoms with van der Waals surface area (Å²) in [5.41, 5.74) is 1.66. The molecule has 3 aromatic rings. The number of amides is 1. The summed E-state index contributed by atoms with van der Waals surface area (Å²) in [6.45, 7) is 2.88. The van der Waals surface area contributed by atoms with Gasteiger partial charge in [-0.1, -0.05) is 12.1 Å². The molecule has 23 heavy (non-hydrogen) atoms. The first-order chi connectivity index (χ1) is 11.2. The molecule has 120 valence electrons. The van der Waals surface area contributed by atoms with Crippen LogP contribution in [0.1, 0.15) is 24.6 Å². The van der Waals surface area contributed by atoms with E-state index in [0.717, 1.165) is 17.5 Å². The Morgan fingerprint density at radius 2 is 2.22 bits per heavy atom. The minimum absolute atomic E-state index is 0.0162. The number of para-hydroxylation sites is 2. The number of tetrazole rings is 1. The number of carbonyl (C=O) groups is 1. The van der Waals surface area contributed by atoms with E-state index in [0.29, 0.717) is 37.6 Å². The molecule has 2 heterocycles. The van der Waals surface area contributed by atoms with Gasteiger partial charge in [0.1, 0.15) is 11.3 Å². The zero-order valence-corrected chi connectivity index (χ0v) is 12.9. The van der Waals surface area contributed by atoms with E-state index in [-0.39, 0.29) is 5.91 Å². The smallest absolute Gasteiger partial charge is 0.221 e. The van der Waals surface area contributed by atoms with E-state index in [1.165, 1.54) is 0 Å². The number of benzene rings is 1. The molecule has 0 aliphatic rings. The van der Waals surface area contributed by atoms with Crippen molar-refractivity contribution < 1.29 is 9.21 Å². The molecule has 1 N–H and O–H groups in total. The number of aromatic nitrogens is 5. The summed E-state index contributed by atoms with van der Waals surface area (Å²) in [5, 5.41) is 14.0. The Kier molecular flexibility index (Phi) is 4.60. The van der Waals surface area contributed by atoms with E-state index in [1.54, 1.807) is 11.6 Å². The standard InChI is InChI=1S/C15H18N6O2/c1-11-18-19-20-21(11)10-8-14(22)16-9-4-7-15-17-12-5-2-3-6-13(12)23-15/h2-3,5-6H,4,7-10H2,1H3,(H,16,22). The Hall–Kier alpha value is -2.77. The molecule has 0 saturated carbocycles. The van der Waals surface area contributed by atoms with E-state index in [1.807, 2.05) is 24.3 Å². The van der Waals surface area contributed by atoms with Crippen molar-refractivity contribution in [3.8, 4) is 0 Å². The van der Waals surface area contributed by atoms with Gasteiger partial charge in [-0.2, -0.15) is 0 Å². The average molecular weight is 314 g/mol. The minimum Gasteiger partial charge on any atom is -0.441 e. The number of oxazole rings is 1. The highest BCUT2D eigenvalue weighted by Gasteiger charge is 2.07. The number of hydrogen-bond acceptors (Lipinski definition) is 6. The third-order valence-electron chi connectivity index (χ3n) is 3.49. The van der Waals surface area contributed by atoms with Crippen LogP contribution in [0, 0.1) is 6.92 Å². The van der Waals surface area contributed by atoms with Gasteiger partial charge in [-0.15, -0.1) is 5.10 Å². The summed E-state index contributed by atoms with van der Waals surface area (Å²) in [6, 6.07) is 7.67. The second-order valence-electron chi connectivity index (χ2n) is 5.23. The van der Waals surface area contributed by atoms with Gasteiger partial charge in [0, 0.05) is 19.4 Å². The van der Waals surface area contributed by atoms with E-state index >= 15 is 0 Å². The van der Waals surface area contributed by atoms with Crippen molar-refractivity contribution in [3.05, 3.63) is 36.0 Å². The second-order valence-corrected chi connectivity index (χ2v) is 5.23. The lowest BCUT2D eigenvalue weighted by molar-refractivity contribution is -0.121. The van der Waals surface area contributed by atoms with Crippen molar-refractivity contribution >= 4 is 17.0 Å². The number of rotatable bonds is 7. The molecule has 2 aromatic heterocycles. The topological polar surface area (TPSA) is 98.7 Å². The van der Waals surface area contributed by atoms with E-state index in [2.05, 4.69) is 25.8 Å². The van der Waals surface area contributed by atoms with Gasteiger partial charge in [-0.05, 0) is 35.9 Å². The maximum Gasteiger partial charge on any atom is 0.221 e. The lowest BCUT2D eigenvalue weighted by atomic mass is 10.3. The van der Waals surface area contributed by atoms with Crippen molar-refractivity contribution in [2.75, 3.05) is 6.54 Å². The lowest BCUT2D eigenvalue weighted by Crippen LogP contribution is -2.26. The number of nitrogens with one attached hydrogen (secondary N) is 1. The van der Waals surface area contributed by atoms with Crippen LogP contribution in [0.5, 0.6) is 0 Å². The van der Waals surface area contributed by atoms with Crippen LogP contribution in [0.3, 0.4) is 0 Å². The Morgan fingerprint density at radius 1 is 1.35 bits per heavy atom. The van der Waals surface area contributed by atoms with Crippen LogP contribution in [0.15, 0.2) is 28.7 Å². The molecule has 0 saturated heterocycles. The Balaban J connectivity index is 1.37. The predicted octanol–water partition coefficient (Wildman–Crippen LogP) is 1.26. The summed E-state index contributed by atoms with van der Waals surface area (Å²) in [7, 11) is 0. The third kappa shape index (κ3) is 3.91. The summed E-state index contributed by atoms with van der Waals surface area (Å²) in [5.74, 6) is 1.39. The highest BCUT2D eigenvalue weighted by Crippen LogP contribution is 2.15. The molecule has 3 rings (SSSR count). The maximum atomic E-state index is 11.8. The van der Waals surface area contributed by atoms with Gasteiger partial charge >= 0.3 is 0 Å². The third-order valence-corrected chi connectivity index (χ3v) is 3.49. The summed E-state index contributed by atoms with van der Waals surface area (Å²) in [6.07, 6.45) is 1.83. The number of nitrogens with zero attached hydrogens (tertiary/aromatic N) is 5. The molecule has 0 aliphatic carbocycles. The van der Waals surface area contributed by atoms with Gasteiger partial charge in [0.15, 0.2) is 11.5 Å². The Morgan fingerprint density at radius 3 is 3.00 bits per heavy atom. The van der Waals surface area contributed by atoms with Crippen molar-refractivity contribution in [3.63, 3.8) is 0 Å². The fraction of sp³-hybridized carbons (Fsp3) is 0.400. The van der Waals surface area contributed by atoms with Crippen LogP contribution in [0.2, 0.25) is 0 Å². The molecule has 1 amide bonds. The predicted molar refractivity (Wildman–Crippen MR) is 82.5 cm³/mol. The molecule has 8 nitrogen and oxygen atoms in total. The summed E-state index contributed by atoms with van der Waals surface area (Å²) in [4.78, 5) is 16.2. The van der Waals surface area contributed by atoms with E-state index in [9.17, 15) is 4.79 Å². The molecule has 0 radical (unpaired) electrons. The van der Waals surface area contributed by atoms with Crippen LogP contribution in [-0.4, -0.2) is 37.6 Å². The fourth-order valence-electron chi connectivity index (χ4n) is 2.25. The van der Waals surface area contributed by atoms with Crippen LogP contribution >= 0.6 is 0 Å². The Bertz CT molecular complexity index is 761. The molecule has 1 aromatic carbocycles. The van der Waals surface area contributed by atoms with Crippen LogP contribution < -0.4 is 5.32 Å². The van der Waals surface area contributed by atoms with Gasteiger partial charge in [-0.25, -0.2) is 9.67 Å². The highest BCUT2D eigenvalue weighted by atomic mass is 16.3. The molecule has 0 spiro atoms. The maximum absolute atomic E-state index is 11.8. The summed E-state index contributed by atoms with van der Waals surface area (Å²) >= 11 is 0. The molecule has 0 fully saturated rings. The van der Waals surface area contributed by atoms with Crippen molar-refractivity contribution in [1.82, 2.24) is 30.5 Å². The first kappa shape index (κ1) is 15.1. The van der Waals surface area contributed by atoms with Gasteiger partial charge < -0.3 is 9.73 Å².